The van der Waals surface area contributed by atoms with E-state index in [-0.39, 0.29) is 0 Å². The summed E-state index contributed by atoms with van der Waals surface area (Å²) in [5.74, 6) is 1.60. The van der Waals surface area contributed by atoms with Crippen molar-refractivity contribution in [2.45, 2.75) is 15.2 Å². The summed E-state index contributed by atoms with van der Waals surface area (Å²) in [4.78, 5) is 16.1. The number of hydrogen-bond acceptors (Lipinski definition) is 5. The standard InChI is InChI=1S/C52H34N4O2S/c57-59(58)47-29-14-11-26-43(47)52(38-20-6-2-7-21-38,44-27-12-15-30-48(44)59)39-22-16-19-36(33-39)50-53-49(35-17-4-1-5-18-35)54-51(55-50)37-31-32-42-41-25-10-13-28-45(41)56(46(42)34-37)40-23-8-3-9-24-40/h1-34H. The van der Waals surface area contributed by atoms with Gasteiger partial charge in [-0.15, -0.1) is 0 Å². The molecule has 0 amide bonds. The predicted octanol–water partition coefficient (Wildman–Crippen LogP) is 11.5. The lowest BCUT2D eigenvalue weighted by Gasteiger charge is -2.41. The van der Waals surface area contributed by atoms with Crippen molar-refractivity contribution >= 4 is 31.6 Å². The van der Waals surface area contributed by atoms with E-state index in [0.717, 1.165) is 49.9 Å². The zero-order valence-electron chi connectivity index (χ0n) is 31.6. The van der Waals surface area contributed by atoms with Gasteiger partial charge in [0.25, 0.3) is 0 Å². The van der Waals surface area contributed by atoms with Crippen LogP contribution in [-0.4, -0.2) is 27.9 Å². The lowest BCUT2D eigenvalue weighted by Crippen LogP contribution is -2.37. The molecular weight excluding hydrogens is 745 g/mol. The van der Waals surface area contributed by atoms with E-state index in [9.17, 15) is 8.42 Å². The van der Waals surface area contributed by atoms with Crippen molar-refractivity contribution in [2.75, 3.05) is 0 Å². The van der Waals surface area contributed by atoms with E-state index in [4.69, 9.17) is 15.0 Å². The summed E-state index contributed by atoms with van der Waals surface area (Å²) in [5.41, 5.74) is 8.03. The Kier molecular flexibility index (Phi) is 8.00. The van der Waals surface area contributed by atoms with Gasteiger partial charge in [-0.05, 0) is 64.7 Å². The average molecular weight is 779 g/mol. The molecule has 0 aliphatic carbocycles. The summed E-state index contributed by atoms with van der Waals surface area (Å²) < 4.78 is 30.9. The van der Waals surface area contributed by atoms with Gasteiger partial charge in [-0.2, -0.15) is 0 Å². The molecule has 6 nitrogen and oxygen atoms in total. The molecule has 59 heavy (non-hydrogen) atoms. The van der Waals surface area contributed by atoms with Gasteiger partial charge < -0.3 is 4.57 Å². The fourth-order valence-electron chi connectivity index (χ4n) is 8.97. The first-order valence-corrected chi connectivity index (χ1v) is 21.0. The molecule has 0 radical (unpaired) electrons. The lowest BCUT2D eigenvalue weighted by atomic mass is 9.64. The van der Waals surface area contributed by atoms with E-state index in [1.807, 2.05) is 91.0 Å². The van der Waals surface area contributed by atoms with Gasteiger partial charge in [0.2, 0.25) is 9.84 Å². The van der Waals surface area contributed by atoms with E-state index in [1.54, 1.807) is 24.3 Å². The summed E-state index contributed by atoms with van der Waals surface area (Å²) in [6.45, 7) is 0. The second-order valence-electron chi connectivity index (χ2n) is 14.8. The highest BCUT2D eigenvalue weighted by Gasteiger charge is 2.48. The van der Waals surface area contributed by atoms with Crippen LogP contribution in [0.25, 0.3) is 61.7 Å². The largest absolute Gasteiger partial charge is 0.309 e. The molecule has 10 aromatic rings. The maximum atomic E-state index is 14.3. The van der Waals surface area contributed by atoms with Crippen LogP contribution in [0.2, 0.25) is 0 Å². The molecule has 0 fully saturated rings. The summed E-state index contributed by atoms with van der Waals surface area (Å²) in [7, 11) is -3.80. The van der Waals surface area contributed by atoms with E-state index in [1.165, 1.54) is 5.39 Å². The van der Waals surface area contributed by atoms with Crippen LogP contribution in [0.5, 0.6) is 0 Å². The number of aromatic nitrogens is 4. The first-order chi connectivity index (χ1) is 29.0. The third-order valence-electron chi connectivity index (χ3n) is 11.5. The number of benzene rings is 8. The number of fused-ring (bicyclic) bond motifs is 5. The molecule has 280 valence electrons. The third kappa shape index (κ3) is 5.39. The molecule has 1 aliphatic rings. The first kappa shape index (κ1) is 34.7. The molecule has 0 bridgehead atoms. The number of nitrogens with zero attached hydrogens (tertiary/aromatic N) is 4. The molecule has 0 atom stereocenters. The molecule has 8 aromatic carbocycles. The van der Waals surface area contributed by atoms with Crippen LogP contribution < -0.4 is 0 Å². The van der Waals surface area contributed by atoms with E-state index >= 15 is 0 Å². The molecule has 0 saturated carbocycles. The maximum absolute atomic E-state index is 14.3. The normalized spacial score (nSPS) is 13.8. The number of para-hydroxylation sites is 2. The Morgan fingerprint density at radius 2 is 0.881 bits per heavy atom. The molecule has 1 aliphatic heterocycles. The predicted molar refractivity (Wildman–Crippen MR) is 234 cm³/mol. The van der Waals surface area contributed by atoms with Crippen LogP contribution in [0.1, 0.15) is 22.3 Å². The van der Waals surface area contributed by atoms with Gasteiger partial charge in [0.05, 0.1) is 26.2 Å². The third-order valence-corrected chi connectivity index (χ3v) is 13.4. The van der Waals surface area contributed by atoms with E-state index in [2.05, 4.69) is 95.6 Å². The molecule has 0 saturated heterocycles. The average Bonchev–Trinajstić information content (AvgIpc) is 3.64. The van der Waals surface area contributed by atoms with Gasteiger partial charge in [-0.1, -0.05) is 164 Å². The van der Waals surface area contributed by atoms with Crippen molar-refractivity contribution in [1.82, 2.24) is 19.5 Å². The zero-order valence-corrected chi connectivity index (χ0v) is 32.5. The topological polar surface area (TPSA) is 77.7 Å². The minimum atomic E-state index is -3.80. The Morgan fingerprint density at radius 3 is 1.56 bits per heavy atom. The second kappa shape index (κ2) is 13.6. The summed E-state index contributed by atoms with van der Waals surface area (Å²) in [6.07, 6.45) is 0. The second-order valence-corrected chi connectivity index (χ2v) is 16.7. The highest BCUT2D eigenvalue weighted by Crippen LogP contribution is 2.53. The number of sulfone groups is 1. The molecule has 0 unspecified atom stereocenters. The zero-order chi connectivity index (χ0) is 39.6. The highest BCUT2D eigenvalue weighted by atomic mass is 32.2. The van der Waals surface area contributed by atoms with Crippen LogP contribution in [0.4, 0.5) is 0 Å². The maximum Gasteiger partial charge on any atom is 0.207 e. The Balaban J connectivity index is 1.15. The van der Waals surface area contributed by atoms with Gasteiger partial charge in [-0.3, -0.25) is 0 Å². The molecule has 2 aromatic heterocycles. The van der Waals surface area contributed by atoms with Crippen molar-refractivity contribution in [3.63, 3.8) is 0 Å². The van der Waals surface area contributed by atoms with Gasteiger partial charge >= 0.3 is 0 Å². The van der Waals surface area contributed by atoms with Gasteiger partial charge in [-0.25, -0.2) is 23.4 Å². The van der Waals surface area contributed by atoms with Crippen molar-refractivity contribution < 1.29 is 8.42 Å². The monoisotopic (exact) mass is 778 g/mol. The smallest absolute Gasteiger partial charge is 0.207 e. The van der Waals surface area contributed by atoms with Gasteiger partial charge in [0.1, 0.15) is 0 Å². The summed E-state index contributed by atoms with van der Waals surface area (Å²) in [5, 5.41) is 2.31. The quantitative estimate of drug-likeness (QED) is 0.168. The Hall–Kier alpha value is -7.48. The molecule has 7 heteroatoms. The van der Waals surface area contributed by atoms with Crippen molar-refractivity contribution in [1.29, 1.82) is 0 Å². The Bertz CT molecular complexity index is 3290. The van der Waals surface area contributed by atoms with Crippen molar-refractivity contribution in [3.05, 3.63) is 229 Å². The molecule has 3 heterocycles. The molecule has 0 N–H and O–H groups in total. The van der Waals surface area contributed by atoms with E-state index < -0.39 is 15.3 Å². The summed E-state index contributed by atoms with van der Waals surface area (Å²) >= 11 is 0. The fraction of sp³-hybridized carbons (Fsp3) is 0.0192. The molecular formula is C52H34N4O2S. The van der Waals surface area contributed by atoms with Crippen LogP contribution in [-0.2, 0) is 15.3 Å². The van der Waals surface area contributed by atoms with Crippen LogP contribution >= 0.6 is 0 Å². The minimum Gasteiger partial charge on any atom is -0.309 e. The van der Waals surface area contributed by atoms with Crippen LogP contribution in [0.15, 0.2) is 216 Å². The molecule has 0 spiro atoms. The minimum absolute atomic E-state index is 0.296. The number of rotatable bonds is 6. The van der Waals surface area contributed by atoms with Gasteiger partial charge in [0, 0.05) is 33.2 Å². The van der Waals surface area contributed by atoms with Crippen LogP contribution in [0, 0.1) is 0 Å². The first-order valence-electron chi connectivity index (χ1n) is 19.5. The summed E-state index contributed by atoms with van der Waals surface area (Å²) in [6, 6.07) is 68.4. The Labute approximate surface area is 341 Å². The SMILES string of the molecule is O=S1(=O)c2ccccc2C(c2ccccc2)(c2cccc(-c3nc(-c4ccccc4)nc(-c4ccc5c6ccccc6n(-c6ccccc6)c5c4)n3)c2)c2ccccc21. The Morgan fingerprint density at radius 1 is 0.390 bits per heavy atom. The molecule has 11 rings (SSSR count). The highest BCUT2D eigenvalue weighted by molar-refractivity contribution is 7.91. The van der Waals surface area contributed by atoms with Crippen molar-refractivity contribution in [2.24, 2.45) is 0 Å². The fourth-order valence-corrected chi connectivity index (χ4v) is 10.7. The van der Waals surface area contributed by atoms with E-state index in [0.29, 0.717) is 38.4 Å². The number of hydrogen-bond donors (Lipinski definition) is 0. The van der Waals surface area contributed by atoms with Crippen LogP contribution in [0.3, 0.4) is 0 Å². The van der Waals surface area contributed by atoms with Gasteiger partial charge in [0.15, 0.2) is 17.5 Å². The van der Waals surface area contributed by atoms with Crippen molar-refractivity contribution in [3.8, 4) is 39.9 Å². The lowest BCUT2D eigenvalue weighted by molar-refractivity contribution is 0.579.